The van der Waals surface area contributed by atoms with Crippen LogP contribution < -0.4 is 5.32 Å². The van der Waals surface area contributed by atoms with Gasteiger partial charge in [0.1, 0.15) is 6.10 Å². The van der Waals surface area contributed by atoms with Gasteiger partial charge >= 0.3 is 5.97 Å². The summed E-state index contributed by atoms with van der Waals surface area (Å²) in [5.41, 5.74) is 1.85. The van der Waals surface area contributed by atoms with Crippen molar-refractivity contribution < 1.29 is 14.3 Å². The maximum Gasteiger partial charge on any atom is 0.331 e. The average molecular weight is 357 g/mol. The molecule has 1 fully saturated rings. The number of ether oxygens (including phenoxy) is 1. The summed E-state index contributed by atoms with van der Waals surface area (Å²) in [6.45, 7) is 8.00. The second kappa shape index (κ2) is 9.02. The highest BCUT2D eigenvalue weighted by molar-refractivity contribution is 5.87. The molecule has 1 saturated carbocycles. The minimum absolute atomic E-state index is 0.0579. The number of amides is 1. The lowest BCUT2D eigenvalue weighted by atomic mass is 9.87. The van der Waals surface area contributed by atoms with Crippen LogP contribution in [0, 0.1) is 12.3 Å². The lowest BCUT2D eigenvalue weighted by Gasteiger charge is -2.31. The van der Waals surface area contributed by atoms with E-state index in [1.165, 1.54) is 11.6 Å². The Labute approximate surface area is 157 Å². The number of nitrogens with one attached hydrogen (secondary N) is 1. The number of carbonyl (C=O) groups excluding carboxylic acids is 2. The van der Waals surface area contributed by atoms with Crippen molar-refractivity contribution in [1.82, 2.24) is 5.32 Å². The molecule has 142 valence electrons. The van der Waals surface area contributed by atoms with Crippen molar-refractivity contribution in [2.75, 3.05) is 0 Å². The number of esters is 1. The van der Waals surface area contributed by atoms with Crippen LogP contribution in [0.2, 0.25) is 0 Å². The van der Waals surface area contributed by atoms with Crippen molar-refractivity contribution in [3.63, 3.8) is 0 Å². The zero-order valence-electron chi connectivity index (χ0n) is 16.4. The molecule has 1 aliphatic rings. The number of benzene rings is 1. The van der Waals surface area contributed by atoms with Crippen molar-refractivity contribution in [2.24, 2.45) is 5.41 Å². The first-order chi connectivity index (χ1) is 12.3. The third-order valence-corrected chi connectivity index (χ3v) is 5.28. The molecule has 4 heteroatoms. The van der Waals surface area contributed by atoms with E-state index in [1.54, 1.807) is 6.08 Å². The standard InChI is InChI=1S/C22H31NO3/c1-5-22(3,4)21(25)23-18-11-13-19(14-12-18)26-20(24)15-10-17-8-6-16(2)7-9-17/h6-10,15,18-19H,5,11-14H2,1-4H3,(H,23,25)/b15-10+. The van der Waals surface area contributed by atoms with Crippen LogP contribution in [0.1, 0.15) is 64.0 Å². The molecule has 1 aromatic rings. The molecule has 0 saturated heterocycles. The molecule has 1 aromatic carbocycles. The second-order valence-corrected chi connectivity index (χ2v) is 7.87. The number of carbonyl (C=O) groups is 2. The van der Waals surface area contributed by atoms with E-state index in [0.717, 1.165) is 37.7 Å². The van der Waals surface area contributed by atoms with Gasteiger partial charge in [0.15, 0.2) is 0 Å². The Morgan fingerprint density at radius 2 is 1.77 bits per heavy atom. The molecule has 0 radical (unpaired) electrons. The summed E-state index contributed by atoms with van der Waals surface area (Å²) in [5, 5.41) is 3.14. The maximum absolute atomic E-state index is 12.3. The van der Waals surface area contributed by atoms with E-state index in [9.17, 15) is 9.59 Å². The van der Waals surface area contributed by atoms with Crippen LogP contribution in [-0.2, 0) is 14.3 Å². The number of rotatable bonds is 6. The largest absolute Gasteiger partial charge is 0.459 e. The Balaban J connectivity index is 1.75. The Morgan fingerprint density at radius 1 is 1.15 bits per heavy atom. The fourth-order valence-corrected chi connectivity index (χ4v) is 2.91. The molecule has 4 nitrogen and oxygen atoms in total. The van der Waals surface area contributed by atoms with Crippen LogP contribution in [0.15, 0.2) is 30.3 Å². The van der Waals surface area contributed by atoms with Crippen molar-refractivity contribution in [2.45, 2.75) is 71.9 Å². The fourth-order valence-electron chi connectivity index (χ4n) is 2.91. The third-order valence-electron chi connectivity index (χ3n) is 5.28. The molecule has 1 aliphatic carbocycles. The lowest BCUT2D eigenvalue weighted by molar-refractivity contribution is -0.145. The first-order valence-electron chi connectivity index (χ1n) is 9.56. The van der Waals surface area contributed by atoms with Crippen molar-refractivity contribution in [3.05, 3.63) is 41.5 Å². The minimum atomic E-state index is -0.329. The SMILES string of the molecule is CCC(C)(C)C(=O)NC1CCC(OC(=O)/C=C/c2ccc(C)cc2)CC1. The van der Waals surface area contributed by atoms with Crippen molar-refractivity contribution >= 4 is 18.0 Å². The van der Waals surface area contributed by atoms with E-state index < -0.39 is 0 Å². The van der Waals surface area contributed by atoms with Crippen molar-refractivity contribution in [3.8, 4) is 0 Å². The number of hydrogen-bond donors (Lipinski definition) is 1. The number of aryl methyl sites for hydroxylation is 1. The Bertz CT molecular complexity index is 638. The molecule has 1 N–H and O–H groups in total. The Kier molecular flexibility index (Phi) is 7.01. The van der Waals surface area contributed by atoms with E-state index in [-0.39, 0.29) is 29.4 Å². The molecular weight excluding hydrogens is 326 g/mol. The van der Waals surface area contributed by atoms with E-state index in [0.29, 0.717) is 0 Å². The first kappa shape index (κ1) is 20.2. The summed E-state index contributed by atoms with van der Waals surface area (Å²) in [5.74, 6) is -0.188. The van der Waals surface area contributed by atoms with Gasteiger partial charge in [0.2, 0.25) is 5.91 Å². The highest BCUT2D eigenvalue weighted by Gasteiger charge is 2.30. The van der Waals surface area contributed by atoms with Gasteiger partial charge in [0.25, 0.3) is 0 Å². The van der Waals surface area contributed by atoms with E-state index >= 15 is 0 Å². The van der Waals surface area contributed by atoms with Gasteiger partial charge in [-0.15, -0.1) is 0 Å². The minimum Gasteiger partial charge on any atom is -0.459 e. The molecule has 0 aromatic heterocycles. The van der Waals surface area contributed by atoms with E-state index in [1.807, 2.05) is 52.0 Å². The van der Waals surface area contributed by atoms with Gasteiger partial charge in [-0.05, 0) is 50.7 Å². The van der Waals surface area contributed by atoms with Gasteiger partial charge in [-0.25, -0.2) is 4.79 Å². The summed E-state index contributed by atoms with van der Waals surface area (Å²) in [6.07, 6.45) is 7.32. The van der Waals surface area contributed by atoms with E-state index in [4.69, 9.17) is 4.74 Å². The van der Waals surface area contributed by atoms with Crippen LogP contribution in [0.4, 0.5) is 0 Å². The van der Waals surface area contributed by atoms with Crippen LogP contribution >= 0.6 is 0 Å². The van der Waals surface area contributed by atoms with Gasteiger partial charge in [0.05, 0.1) is 0 Å². The second-order valence-electron chi connectivity index (χ2n) is 7.87. The normalized spacial score (nSPS) is 20.8. The molecule has 0 atom stereocenters. The predicted molar refractivity (Wildman–Crippen MR) is 105 cm³/mol. The van der Waals surface area contributed by atoms with Gasteiger partial charge < -0.3 is 10.1 Å². The molecular formula is C22H31NO3. The summed E-state index contributed by atoms with van der Waals surface area (Å²) < 4.78 is 5.54. The molecule has 0 spiro atoms. The fraction of sp³-hybridized carbons (Fsp3) is 0.545. The van der Waals surface area contributed by atoms with Gasteiger partial charge in [-0.2, -0.15) is 0 Å². The number of hydrogen-bond acceptors (Lipinski definition) is 3. The van der Waals surface area contributed by atoms with Gasteiger partial charge in [-0.3, -0.25) is 4.79 Å². The topological polar surface area (TPSA) is 55.4 Å². The maximum atomic E-state index is 12.3. The lowest BCUT2D eigenvalue weighted by Crippen LogP contribution is -2.45. The molecule has 26 heavy (non-hydrogen) atoms. The summed E-state index contributed by atoms with van der Waals surface area (Å²) in [4.78, 5) is 24.3. The quantitative estimate of drug-likeness (QED) is 0.606. The average Bonchev–Trinajstić information content (AvgIpc) is 2.63. The predicted octanol–water partition coefficient (Wildman–Crippen LogP) is 4.42. The smallest absolute Gasteiger partial charge is 0.331 e. The highest BCUT2D eigenvalue weighted by atomic mass is 16.5. The zero-order chi connectivity index (χ0) is 19.2. The zero-order valence-corrected chi connectivity index (χ0v) is 16.4. The van der Waals surface area contributed by atoms with Crippen LogP contribution in [0.25, 0.3) is 6.08 Å². The van der Waals surface area contributed by atoms with Crippen LogP contribution in [0.3, 0.4) is 0 Å². The molecule has 1 amide bonds. The summed E-state index contributed by atoms with van der Waals surface area (Å²) >= 11 is 0. The summed E-state index contributed by atoms with van der Waals surface area (Å²) in [7, 11) is 0. The highest BCUT2D eigenvalue weighted by Crippen LogP contribution is 2.24. The monoisotopic (exact) mass is 357 g/mol. The van der Waals surface area contributed by atoms with E-state index in [2.05, 4.69) is 5.32 Å². The first-order valence-corrected chi connectivity index (χ1v) is 9.56. The van der Waals surface area contributed by atoms with Gasteiger partial charge in [-0.1, -0.05) is 50.6 Å². The molecule has 0 unspecified atom stereocenters. The summed E-state index contributed by atoms with van der Waals surface area (Å²) in [6, 6.07) is 8.17. The van der Waals surface area contributed by atoms with Crippen molar-refractivity contribution in [1.29, 1.82) is 0 Å². The molecule has 0 aliphatic heterocycles. The molecule has 0 bridgehead atoms. The van der Waals surface area contributed by atoms with Gasteiger partial charge in [0, 0.05) is 17.5 Å². The molecule has 2 rings (SSSR count). The van der Waals surface area contributed by atoms with Crippen LogP contribution in [0.5, 0.6) is 0 Å². The Morgan fingerprint density at radius 3 is 2.35 bits per heavy atom. The third kappa shape index (κ3) is 6.01. The molecule has 0 heterocycles. The van der Waals surface area contributed by atoms with Crippen LogP contribution in [-0.4, -0.2) is 24.0 Å². The Hall–Kier alpha value is -2.10.